The van der Waals surface area contributed by atoms with Gasteiger partial charge in [0.15, 0.2) is 4.84 Å². The molecule has 0 aromatic heterocycles. The second kappa shape index (κ2) is 6.75. The summed E-state index contributed by atoms with van der Waals surface area (Å²) in [6.07, 6.45) is 0. The van der Waals surface area contributed by atoms with Gasteiger partial charge in [-0.3, -0.25) is 4.79 Å². The highest BCUT2D eigenvalue weighted by atomic mass is 35.5. The number of aliphatic hydroxyl groups excluding tert-OH is 1. The Kier molecular flexibility index (Phi) is 5.01. The number of rotatable bonds is 4. The molecule has 2 rings (SSSR count). The van der Waals surface area contributed by atoms with Crippen molar-refractivity contribution in [1.29, 1.82) is 0 Å². The SMILES string of the molecule is O=C(Nc1cccc(-c2ccc(CO)cc2)c1)C(Cl)Cl. The molecule has 20 heavy (non-hydrogen) atoms. The van der Waals surface area contributed by atoms with E-state index in [4.69, 9.17) is 28.3 Å². The topological polar surface area (TPSA) is 49.3 Å². The maximum Gasteiger partial charge on any atom is 0.257 e. The van der Waals surface area contributed by atoms with Crippen molar-refractivity contribution in [3.05, 3.63) is 54.1 Å². The van der Waals surface area contributed by atoms with Gasteiger partial charge in [-0.2, -0.15) is 0 Å². The molecule has 3 nitrogen and oxygen atoms in total. The maximum absolute atomic E-state index is 11.4. The molecule has 1 amide bonds. The predicted molar refractivity (Wildman–Crippen MR) is 81.9 cm³/mol. The minimum absolute atomic E-state index is 0.0171. The van der Waals surface area contributed by atoms with Gasteiger partial charge in [0.05, 0.1) is 6.61 Å². The van der Waals surface area contributed by atoms with Crippen molar-refractivity contribution in [2.24, 2.45) is 0 Å². The number of carbonyl (C=O) groups excluding carboxylic acids is 1. The lowest BCUT2D eigenvalue weighted by Gasteiger charge is -2.08. The van der Waals surface area contributed by atoms with E-state index in [1.807, 2.05) is 42.5 Å². The smallest absolute Gasteiger partial charge is 0.257 e. The number of hydrogen-bond donors (Lipinski definition) is 2. The van der Waals surface area contributed by atoms with Crippen molar-refractivity contribution in [3.63, 3.8) is 0 Å². The van der Waals surface area contributed by atoms with Crippen LogP contribution in [-0.4, -0.2) is 15.8 Å². The molecular weight excluding hydrogens is 297 g/mol. The molecule has 2 N–H and O–H groups in total. The summed E-state index contributed by atoms with van der Waals surface area (Å²) in [6.45, 7) is 0.0171. The quantitative estimate of drug-likeness (QED) is 0.848. The van der Waals surface area contributed by atoms with E-state index < -0.39 is 10.7 Å². The zero-order valence-corrected chi connectivity index (χ0v) is 12.0. The molecule has 0 atom stereocenters. The summed E-state index contributed by atoms with van der Waals surface area (Å²) in [4.78, 5) is 10.3. The van der Waals surface area contributed by atoms with Gasteiger partial charge in [0.25, 0.3) is 5.91 Å². The van der Waals surface area contributed by atoms with Crippen LogP contribution >= 0.6 is 23.2 Å². The van der Waals surface area contributed by atoms with E-state index in [1.165, 1.54) is 0 Å². The number of carbonyl (C=O) groups is 1. The Bertz CT molecular complexity index is 597. The van der Waals surface area contributed by atoms with Gasteiger partial charge in [0, 0.05) is 5.69 Å². The number of amides is 1. The second-order valence-corrected chi connectivity index (χ2v) is 5.32. The van der Waals surface area contributed by atoms with Crippen LogP contribution in [0.2, 0.25) is 0 Å². The van der Waals surface area contributed by atoms with Gasteiger partial charge >= 0.3 is 0 Å². The van der Waals surface area contributed by atoms with Crippen molar-refractivity contribution in [2.75, 3.05) is 5.32 Å². The Balaban J connectivity index is 2.22. The Morgan fingerprint density at radius 1 is 1.10 bits per heavy atom. The van der Waals surface area contributed by atoms with Crippen LogP contribution in [0.15, 0.2) is 48.5 Å². The molecule has 0 fully saturated rings. The minimum atomic E-state index is -1.09. The molecule has 2 aromatic rings. The molecule has 0 aliphatic carbocycles. The summed E-state index contributed by atoms with van der Waals surface area (Å²) in [5.74, 6) is -0.457. The van der Waals surface area contributed by atoms with Crippen molar-refractivity contribution < 1.29 is 9.90 Å². The van der Waals surface area contributed by atoms with E-state index in [0.29, 0.717) is 5.69 Å². The van der Waals surface area contributed by atoms with Crippen molar-refractivity contribution in [3.8, 4) is 11.1 Å². The van der Waals surface area contributed by atoms with Gasteiger partial charge in [0.1, 0.15) is 0 Å². The van der Waals surface area contributed by atoms with Gasteiger partial charge in [-0.15, -0.1) is 0 Å². The highest BCUT2D eigenvalue weighted by Crippen LogP contribution is 2.23. The zero-order chi connectivity index (χ0) is 14.5. The van der Waals surface area contributed by atoms with E-state index in [2.05, 4.69) is 5.32 Å². The largest absolute Gasteiger partial charge is 0.392 e. The first kappa shape index (κ1) is 14.9. The monoisotopic (exact) mass is 309 g/mol. The molecular formula is C15H13Cl2NO2. The number of aliphatic hydroxyl groups is 1. The number of nitrogens with one attached hydrogen (secondary N) is 1. The van der Waals surface area contributed by atoms with Gasteiger partial charge in [-0.05, 0) is 28.8 Å². The van der Waals surface area contributed by atoms with Crippen LogP contribution in [-0.2, 0) is 11.4 Å². The third-order valence-corrected chi connectivity index (χ3v) is 3.19. The number of benzene rings is 2. The van der Waals surface area contributed by atoms with Crippen LogP contribution in [0, 0.1) is 0 Å². The lowest BCUT2D eigenvalue weighted by atomic mass is 10.0. The third kappa shape index (κ3) is 3.73. The minimum Gasteiger partial charge on any atom is -0.392 e. The first-order chi connectivity index (χ1) is 9.60. The van der Waals surface area contributed by atoms with Crippen molar-refractivity contribution in [1.82, 2.24) is 0 Å². The van der Waals surface area contributed by atoms with Crippen molar-refractivity contribution in [2.45, 2.75) is 11.4 Å². The molecule has 104 valence electrons. The fourth-order valence-corrected chi connectivity index (χ4v) is 1.89. The number of hydrogen-bond acceptors (Lipinski definition) is 2. The highest BCUT2D eigenvalue weighted by Gasteiger charge is 2.11. The molecule has 0 aliphatic heterocycles. The Morgan fingerprint density at radius 3 is 2.40 bits per heavy atom. The first-order valence-corrected chi connectivity index (χ1v) is 6.86. The van der Waals surface area contributed by atoms with Gasteiger partial charge < -0.3 is 10.4 Å². The van der Waals surface area contributed by atoms with E-state index in [-0.39, 0.29) is 6.61 Å². The Labute approximate surface area is 127 Å². The normalized spacial score (nSPS) is 10.6. The number of alkyl halides is 2. The molecule has 0 unspecified atom stereocenters. The molecule has 0 spiro atoms. The zero-order valence-electron chi connectivity index (χ0n) is 10.5. The molecule has 2 aromatic carbocycles. The standard InChI is InChI=1S/C15H13Cl2NO2/c16-14(17)15(20)18-13-3-1-2-12(8-13)11-6-4-10(9-19)5-7-11/h1-8,14,19H,9H2,(H,18,20). The van der Waals surface area contributed by atoms with Crippen LogP contribution in [0.5, 0.6) is 0 Å². The molecule has 0 heterocycles. The second-order valence-electron chi connectivity index (χ2n) is 4.23. The van der Waals surface area contributed by atoms with E-state index >= 15 is 0 Å². The fraction of sp³-hybridized carbons (Fsp3) is 0.133. The average molecular weight is 310 g/mol. The van der Waals surface area contributed by atoms with Crippen LogP contribution < -0.4 is 5.32 Å². The fourth-order valence-electron chi connectivity index (χ4n) is 1.78. The Hall–Kier alpha value is -1.55. The summed E-state index contributed by atoms with van der Waals surface area (Å²) in [5, 5.41) is 11.7. The summed E-state index contributed by atoms with van der Waals surface area (Å²) < 4.78 is 0. The predicted octanol–water partition coefficient (Wildman–Crippen LogP) is 3.59. The van der Waals surface area contributed by atoms with Crippen LogP contribution in [0.25, 0.3) is 11.1 Å². The van der Waals surface area contributed by atoms with Crippen molar-refractivity contribution >= 4 is 34.8 Å². The molecule has 0 bridgehead atoms. The summed E-state index contributed by atoms with van der Waals surface area (Å²) in [7, 11) is 0. The van der Waals surface area contributed by atoms with Gasteiger partial charge in [-0.1, -0.05) is 59.6 Å². The Morgan fingerprint density at radius 2 is 1.80 bits per heavy atom. The maximum atomic E-state index is 11.4. The van der Waals surface area contributed by atoms with Gasteiger partial charge in [-0.25, -0.2) is 0 Å². The molecule has 5 heteroatoms. The van der Waals surface area contributed by atoms with Gasteiger partial charge in [0.2, 0.25) is 0 Å². The lowest BCUT2D eigenvalue weighted by Crippen LogP contribution is -2.18. The molecule has 0 aliphatic rings. The number of halogens is 2. The van der Waals surface area contributed by atoms with E-state index in [0.717, 1.165) is 16.7 Å². The summed E-state index contributed by atoms with van der Waals surface area (Å²) in [5.41, 5.74) is 3.43. The summed E-state index contributed by atoms with van der Waals surface area (Å²) >= 11 is 11.0. The third-order valence-electron chi connectivity index (χ3n) is 2.80. The summed E-state index contributed by atoms with van der Waals surface area (Å²) in [6, 6.07) is 14.9. The molecule has 0 saturated carbocycles. The average Bonchev–Trinajstić information content (AvgIpc) is 2.47. The van der Waals surface area contributed by atoms with Crippen LogP contribution in [0.4, 0.5) is 5.69 Å². The molecule has 0 radical (unpaired) electrons. The van der Waals surface area contributed by atoms with Crippen LogP contribution in [0.3, 0.4) is 0 Å². The first-order valence-electron chi connectivity index (χ1n) is 5.99. The highest BCUT2D eigenvalue weighted by molar-refractivity contribution is 6.54. The lowest BCUT2D eigenvalue weighted by molar-refractivity contribution is -0.114. The van der Waals surface area contributed by atoms with E-state index in [9.17, 15) is 4.79 Å². The van der Waals surface area contributed by atoms with Crippen LogP contribution in [0.1, 0.15) is 5.56 Å². The number of anilines is 1. The van der Waals surface area contributed by atoms with E-state index in [1.54, 1.807) is 6.07 Å². The molecule has 0 saturated heterocycles.